The Hall–Kier alpha value is -3.27. The number of quaternary nitrogens is 1. The maximum absolute atomic E-state index is 13.0. The van der Waals surface area contributed by atoms with E-state index in [-0.39, 0.29) is 32.2 Å². The molecule has 9 heteroatoms. The molecule has 0 saturated carbocycles. The number of hydrogen-bond acceptors (Lipinski definition) is 8. The summed E-state index contributed by atoms with van der Waals surface area (Å²) in [7, 11) is 5.95. The van der Waals surface area contributed by atoms with Crippen molar-refractivity contribution >= 4 is 17.9 Å². The molecule has 2 atom stereocenters. The minimum atomic E-state index is -1.62. The number of carboxylic acid groups (broad SMARTS) is 1. The molecule has 95 heavy (non-hydrogen) atoms. The van der Waals surface area contributed by atoms with Gasteiger partial charge in [0, 0.05) is 12.8 Å². The topological polar surface area (TPSA) is 111 Å². The van der Waals surface area contributed by atoms with E-state index in [0.717, 1.165) is 64.2 Å². The number of carbonyl (C=O) groups excluding carboxylic acids is 3. The summed E-state index contributed by atoms with van der Waals surface area (Å²) < 4.78 is 22.9. The van der Waals surface area contributed by atoms with E-state index in [9.17, 15) is 19.5 Å². The Bertz CT molecular complexity index is 1790. The lowest BCUT2D eigenvalue weighted by Gasteiger charge is -2.26. The number of rotatable bonds is 77. The van der Waals surface area contributed by atoms with Crippen molar-refractivity contribution in [1.29, 1.82) is 0 Å². The summed E-state index contributed by atoms with van der Waals surface area (Å²) in [6.45, 7) is 4.70. The molecule has 2 unspecified atom stereocenters. The Morgan fingerprint density at radius 2 is 0.600 bits per heavy atom. The fourth-order valence-corrected chi connectivity index (χ4v) is 12.2. The van der Waals surface area contributed by atoms with Crippen molar-refractivity contribution in [2.24, 2.45) is 0 Å². The minimum Gasteiger partial charge on any atom is -0.545 e. The number of carbonyl (C=O) groups is 3. The van der Waals surface area contributed by atoms with Crippen LogP contribution in [0, 0.1) is 0 Å². The number of aliphatic carboxylic acids is 1. The second-order valence-corrected chi connectivity index (χ2v) is 29.0. The Morgan fingerprint density at radius 1 is 0.326 bits per heavy atom. The van der Waals surface area contributed by atoms with Crippen LogP contribution in [0.1, 0.15) is 399 Å². The lowest BCUT2D eigenvalue weighted by atomic mass is 10.0. The molecule has 0 aliphatic rings. The number of unbranched alkanes of at least 4 members (excludes halogenated alkanes) is 50. The average Bonchev–Trinajstić information content (AvgIpc) is 3.75. The Balaban J connectivity index is 3.97. The van der Waals surface area contributed by atoms with Crippen molar-refractivity contribution in [1.82, 2.24) is 0 Å². The van der Waals surface area contributed by atoms with Crippen LogP contribution in [0.5, 0.6) is 0 Å². The second kappa shape index (κ2) is 76.5. The molecule has 0 aliphatic heterocycles. The van der Waals surface area contributed by atoms with Gasteiger partial charge in [0.15, 0.2) is 12.4 Å². The van der Waals surface area contributed by atoms with E-state index in [1.165, 1.54) is 302 Å². The first-order valence-corrected chi connectivity index (χ1v) is 41.1. The van der Waals surface area contributed by atoms with Gasteiger partial charge in [0.2, 0.25) is 0 Å². The van der Waals surface area contributed by atoms with E-state index in [0.29, 0.717) is 23.9 Å². The molecule has 0 bridgehead atoms. The summed E-state index contributed by atoms with van der Waals surface area (Å²) in [4.78, 5) is 37.6. The molecule has 0 aromatic heterocycles. The van der Waals surface area contributed by atoms with Crippen LogP contribution in [-0.2, 0) is 33.3 Å². The molecule has 9 nitrogen and oxygen atoms in total. The molecule has 0 fully saturated rings. The highest BCUT2D eigenvalue weighted by molar-refractivity contribution is 5.70. The summed E-state index contributed by atoms with van der Waals surface area (Å²) in [5.41, 5.74) is 0. The molecule has 0 N–H and O–H groups in total. The summed E-state index contributed by atoms with van der Waals surface area (Å²) in [5, 5.41) is 11.9. The van der Waals surface area contributed by atoms with Gasteiger partial charge in [-0.2, -0.15) is 0 Å². The summed E-state index contributed by atoms with van der Waals surface area (Å²) >= 11 is 0. The predicted octanol–water partition coefficient (Wildman–Crippen LogP) is 25.0. The van der Waals surface area contributed by atoms with Crippen LogP contribution in [0.25, 0.3) is 0 Å². The van der Waals surface area contributed by atoms with Gasteiger partial charge in [-0.1, -0.05) is 376 Å². The molecule has 0 aromatic rings. The molecule has 0 spiro atoms. The lowest BCUT2D eigenvalue weighted by Crippen LogP contribution is -2.44. The molecule has 0 rings (SSSR count). The van der Waals surface area contributed by atoms with Crippen molar-refractivity contribution in [3.05, 3.63) is 72.9 Å². The number of ether oxygens (including phenoxy) is 4. The van der Waals surface area contributed by atoms with Crippen LogP contribution in [0.2, 0.25) is 0 Å². The molecule has 0 amide bonds. The van der Waals surface area contributed by atoms with Crippen molar-refractivity contribution < 1.29 is 42.9 Å². The molecule has 0 saturated heterocycles. The quantitative estimate of drug-likeness (QED) is 0.0195. The van der Waals surface area contributed by atoms with Crippen molar-refractivity contribution in [3.8, 4) is 0 Å². The summed E-state index contributed by atoms with van der Waals surface area (Å²) in [6, 6.07) is 0. The normalized spacial score (nSPS) is 13.0. The highest BCUT2D eigenvalue weighted by Crippen LogP contribution is 2.20. The van der Waals surface area contributed by atoms with Crippen molar-refractivity contribution in [2.75, 3.05) is 47.5 Å². The molecule has 0 heterocycles. The Kier molecular flexibility index (Phi) is 73.9. The smallest absolute Gasteiger partial charge is 0.306 e. The molecule has 554 valence electrons. The Labute approximate surface area is 589 Å². The highest BCUT2D eigenvalue weighted by atomic mass is 16.7. The zero-order chi connectivity index (χ0) is 69.0. The first-order valence-electron chi connectivity index (χ1n) is 41.1. The van der Waals surface area contributed by atoms with E-state index < -0.39 is 24.3 Å². The largest absolute Gasteiger partial charge is 0.545 e. The second-order valence-electron chi connectivity index (χ2n) is 29.0. The fraction of sp³-hybridized carbons (Fsp3) is 0.826. The number of hydrogen-bond donors (Lipinski definition) is 0. The standard InChI is InChI=1S/C86H157NO8/c1-6-8-10-12-14-16-18-20-22-24-26-28-30-32-34-36-38-40-41-42-43-45-47-49-51-53-55-57-59-61-63-65-67-69-71-73-75-77-84(89)95-82(81-94-86(85(90)91)92-79-78-87(3,4)5)80-93-83(88)76-74-72-70-68-66-64-62-60-58-56-54-52-50-48-46-44-39-37-35-33-31-29-27-25-23-21-19-17-15-13-11-9-7-2/h8,10,14,16,20,22,25-28,32,34,82,86H,6-7,9,11-13,15,17-19,21,23-24,29-31,33,35-81H2,1-5H3/b10-8-,16-14-,22-20-,27-25-,28-26-,34-32-. The molecule has 0 aliphatic carbocycles. The molecular weight excluding hydrogens is 1170 g/mol. The SMILES string of the molecule is CC/C=C\C/C=C\C/C=C\C/C=C\C/C=C\CCCCCCCCCCCCCCCCCCCCCCCC(=O)OC(COC(=O)CCCCCCCCCCCCCCCCCCCCCCC/C=C\CCCCCCCCCC)COC(OCC[N+](C)(C)C)C(=O)[O-]. The van der Waals surface area contributed by atoms with Crippen LogP contribution in [-0.4, -0.2) is 82.3 Å². The van der Waals surface area contributed by atoms with Gasteiger partial charge in [0.25, 0.3) is 0 Å². The molecule has 0 radical (unpaired) electrons. The zero-order valence-corrected chi connectivity index (χ0v) is 63.6. The number of nitrogens with zero attached hydrogens (tertiary/aromatic N) is 1. The van der Waals surface area contributed by atoms with Gasteiger partial charge in [-0.15, -0.1) is 0 Å². The highest BCUT2D eigenvalue weighted by Gasteiger charge is 2.22. The van der Waals surface area contributed by atoms with Gasteiger partial charge >= 0.3 is 11.9 Å². The number of esters is 2. The third-order valence-electron chi connectivity index (χ3n) is 18.4. The molecule has 0 aromatic carbocycles. The van der Waals surface area contributed by atoms with Crippen LogP contribution >= 0.6 is 0 Å². The van der Waals surface area contributed by atoms with Gasteiger partial charge < -0.3 is 33.3 Å². The average molecular weight is 1330 g/mol. The zero-order valence-electron chi connectivity index (χ0n) is 63.6. The number of carboxylic acids is 1. The first-order chi connectivity index (χ1) is 46.6. The third kappa shape index (κ3) is 77.9. The van der Waals surface area contributed by atoms with Gasteiger partial charge in [-0.3, -0.25) is 9.59 Å². The van der Waals surface area contributed by atoms with Gasteiger partial charge in [0.1, 0.15) is 13.2 Å². The van der Waals surface area contributed by atoms with Gasteiger partial charge in [-0.25, -0.2) is 0 Å². The van der Waals surface area contributed by atoms with Crippen molar-refractivity contribution in [3.63, 3.8) is 0 Å². The van der Waals surface area contributed by atoms with Gasteiger partial charge in [0.05, 0.1) is 40.3 Å². The van der Waals surface area contributed by atoms with E-state index in [4.69, 9.17) is 18.9 Å². The first kappa shape index (κ1) is 91.7. The Morgan fingerprint density at radius 3 is 0.905 bits per heavy atom. The number of likely N-dealkylation sites (N-methyl/N-ethyl adjacent to an activating group) is 1. The van der Waals surface area contributed by atoms with E-state index in [2.05, 4.69) is 86.8 Å². The third-order valence-corrected chi connectivity index (χ3v) is 18.4. The van der Waals surface area contributed by atoms with Crippen LogP contribution in [0.4, 0.5) is 0 Å². The van der Waals surface area contributed by atoms with E-state index >= 15 is 0 Å². The van der Waals surface area contributed by atoms with Gasteiger partial charge in [-0.05, 0) is 83.5 Å². The van der Waals surface area contributed by atoms with E-state index in [1.54, 1.807) is 0 Å². The van der Waals surface area contributed by atoms with Crippen LogP contribution in [0.3, 0.4) is 0 Å². The maximum Gasteiger partial charge on any atom is 0.306 e. The minimum absolute atomic E-state index is 0.149. The molecular formula is C86H157NO8. The van der Waals surface area contributed by atoms with Crippen LogP contribution < -0.4 is 5.11 Å². The fourth-order valence-electron chi connectivity index (χ4n) is 12.2. The van der Waals surface area contributed by atoms with Crippen molar-refractivity contribution in [2.45, 2.75) is 411 Å². The summed E-state index contributed by atoms with van der Waals surface area (Å²) in [5.74, 6) is -2.25. The monoisotopic (exact) mass is 1330 g/mol. The number of allylic oxidation sites excluding steroid dienone is 12. The van der Waals surface area contributed by atoms with E-state index in [1.807, 2.05) is 21.1 Å². The van der Waals surface area contributed by atoms with Crippen LogP contribution in [0.15, 0.2) is 72.9 Å². The lowest BCUT2D eigenvalue weighted by molar-refractivity contribution is -0.870. The summed E-state index contributed by atoms with van der Waals surface area (Å²) in [6.07, 6.45) is 100. The maximum atomic E-state index is 13.0. The predicted molar refractivity (Wildman–Crippen MR) is 408 cm³/mol.